The van der Waals surface area contributed by atoms with Crippen molar-refractivity contribution in [2.75, 3.05) is 20.0 Å². The fraction of sp³-hybridized carbons (Fsp3) is 1.00. The molecule has 0 saturated carbocycles. The maximum absolute atomic E-state index is 5.74. The molecule has 0 fully saturated rings. The first-order valence-electron chi connectivity index (χ1n) is 8.79. The van der Waals surface area contributed by atoms with Crippen molar-refractivity contribution in [2.45, 2.75) is 89.2 Å². The number of ether oxygens (including phenoxy) is 3. The highest BCUT2D eigenvalue weighted by Gasteiger charge is 2.12. The average molecular weight is 357 g/mol. The van der Waals surface area contributed by atoms with Crippen molar-refractivity contribution in [3.63, 3.8) is 0 Å². The van der Waals surface area contributed by atoms with Crippen LogP contribution in [0.4, 0.5) is 0 Å². The smallest absolute Gasteiger partial charge is 0.206 e. The van der Waals surface area contributed by atoms with Gasteiger partial charge >= 0.3 is 0 Å². The van der Waals surface area contributed by atoms with Crippen LogP contribution in [0.3, 0.4) is 0 Å². The van der Waals surface area contributed by atoms with Crippen molar-refractivity contribution in [3.05, 3.63) is 0 Å². The second-order valence-corrected chi connectivity index (χ2v) is 6.61. The lowest BCUT2D eigenvalue weighted by Gasteiger charge is -2.18. The van der Waals surface area contributed by atoms with Gasteiger partial charge in [-0.25, -0.2) is 0 Å². The molecule has 0 aliphatic rings. The molecule has 5 heteroatoms. The second kappa shape index (κ2) is 17.8. The molecule has 0 heterocycles. The number of hydrogen-bond donors (Lipinski definition) is 0. The molecule has 0 aliphatic carbocycles. The summed E-state index contributed by atoms with van der Waals surface area (Å²) in [5, 5.41) is -0.737. The molecular formula is C17H34Cl2O3. The van der Waals surface area contributed by atoms with Crippen LogP contribution in [0.1, 0.15) is 78.1 Å². The minimum Gasteiger partial charge on any atom is -0.356 e. The predicted octanol–water partition coefficient (Wildman–Crippen LogP) is 6.06. The Hall–Kier alpha value is 0.460. The van der Waals surface area contributed by atoms with Crippen molar-refractivity contribution in [3.8, 4) is 0 Å². The Morgan fingerprint density at radius 1 is 0.773 bits per heavy atom. The van der Waals surface area contributed by atoms with E-state index in [4.69, 9.17) is 37.4 Å². The summed E-state index contributed by atoms with van der Waals surface area (Å²) in [5.41, 5.74) is 0. The molecule has 0 aromatic rings. The van der Waals surface area contributed by atoms with Crippen LogP contribution in [-0.4, -0.2) is 31.1 Å². The first-order chi connectivity index (χ1) is 10.7. The maximum Gasteiger partial charge on any atom is 0.206 e. The van der Waals surface area contributed by atoms with Gasteiger partial charge in [0.25, 0.3) is 0 Å². The number of unbranched alkanes of at least 4 members (excludes halogenated alkanes) is 6. The quantitative estimate of drug-likeness (QED) is 0.180. The Bertz CT molecular complexity index is 216. The van der Waals surface area contributed by atoms with Crippen LogP contribution in [0.5, 0.6) is 0 Å². The topological polar surface area (TPSA) is 27.7 Å². The molecular weight excluding hydrogens is 323 g/mol. The van der Waals surface area contributed by atoms with Gasteiger partial charge in [0.2, 0.25) is 5.02 Å². The molecule has 22 heavy (non-hydrogen) atoms. The van der Waals surface area contributed by atoms with Crippen LogP contribution in [-0.2, 0) is 14.2 Å². The summed E-state index contributed by atoms with van der Waals surface area (Å²) in [7, 11) is 0. The molecule has 1 atom stereocenters. The van der Waals surface area contributed by atoms with E-state index in [9.17, 15) is 0 Å². The summed E-state index contributed by atoms with van der Waals surface area (Å²) in [6.07, 6.45) is 12.1. The van der Waals surface area contributed by atoms with Crippen LogP contribution < -0.4 is 0 Å². The van der Waals surface area contributed by atoms with Crippen molar-refractivity contribution in [1.82, 2.24) is 0 Å². The zero-order valence-corrected chi connectivity index (χ0v) is 15.8. The standard InChI is InChI=1S/C17H34Cl2O3/c1-3-5-6-7-8-9-10-12-16(22-17(18)19)13-11-14-21-15-20-4-2/h16-17H,3-15H2,1-2H3. The zero-order chi connectivity index (χ0) is 16.5. The molecule has 0 aromatic heterocycles. The molecule has 0 amide bonds. The Morgan fingerprint density at radius 3 is 2.05 bits per heavy atom. The van der Waals surface area contributed by atoms with Crippen molar-refractivity contribution in [1.29, 1.82) is 0 Å². The Kier molecular flexibility index (Phi) is 18.2. The average Bonchev–Trinajstić information content (AvgIpc) is 2.49. The lowest BCUT2D eigenvalue weighted by molar-refractivity contribution is -0.0534. The van der Waals surface area contributed by atoms with Gasteiger partial charge in [-0.3, -0.25) is 0 Å². The Morgan fingerprint density at radius 2 is 1.41 bits per heavy atom. The minimum atomic E-state index is -0.737. The summed E-state index contributed by atoms with van der Waals surface area (Å²) >= 11 is 11.5. The third-order valence-electron chi connectivity index (χ3n) is 3.61. The van der Waals surface area contributed by atoms with Gasteiger partial charge in [-0.05, 0) is 26.2 Å². The third kappa shape index (κ3) is 16.8. The van der Waals surface area contributed by atoms with Gasteiger partial charge in [-0.15, -0.1) is 0 Å². The monoisotopic (exact) mass is 356 g/mol. The van der Waals surface area contributed by atoms with E-state index in [0.29, 0.717) is 20.0 Å². The number of rotatable bonds is 17. The van der Waals surface area contributed by atoms with E-state index < -0.39 is 5.02 Å². The minimum absolute atomic E-state index is 0.131. The van der Waals surface area contributed by atoms with Crippen molar-refractivity contribution >= 4 is 23.2 Å². The highest BCUT2D eigenvalue weighted by atomic mass is 35.5. The second-order valence-electron chi connectivity index (χ2n) is 5.59. The highest BCUT2D eigenvalue weighted by Crippen LogP contribution is 2.18. The van der Waals surface area contributed by atoms with E-state index in [2.05, 4.69) is 6.92 Å². The van der Waals surface area contributed by atoms with Crippen LogP contribution >= 0.6 is 23.2 Å². The lowest BCUT2D eigenvalue weighted by Crippen LogP contribution is -2.16. The molecule has 0 rings (SSSR count). The molecule has 3 nitrogen and oxygen atoms in total. The predicted molar refractivity (Wildman–Crippen MR) is 94.7 cm³/mol. The summed E-state index contributed by atoms with van der Waals surface area (Å²) in [6, 6.07) is 0. The largest absolute Gasteiger partial charge is 0.356 e. The van der Waals surface area contributed by atoms with Gasteiger partial charge in [0.05, 0.1) is 6.10 Å². The summed E-state index contributed by atoms with van der Waals surface area (Å²) in [4.78, 5) is 0. The molecule has 0 radical (unpaired) electrons. The highest BCUT2D eigenvalue weighted by molar-refractivity contribution is 6.43. The molecule has 134 valence electrons. The molecule has 0 N–H and O–H groups in total. The SMILES string of the molecule is CCCCCCCCCC(CCCOCOCC)OC(Cl)Cl. The van der Waals surface area contributed by atoms with Gasteiger partial charge < -0.3 is 14.2 Å². The van der Waals surface area contributed by atoms with E-state index in [0.717, 1.165) is 19.3 Å². The van der Waals surface area contributed by atoms with Gasteiger partial charge in [0.15, 0.2) is 0 Å². The van der Waals surface area contributed by atoms with Gasteiger partial charge in [-0.2, -0.15) is 0 Å². The van der Waals surface area contributed by atoms with Crippen LogP contribution in [0.15, 0.2) is 0 Å². The van der Waals surface area contributed by atoms with E-state index in [1.165, 1.54) is 44.9 Å². The molecule has 0 spiro atoms. The number of alkyl halides is 2. The summed E-state index contributed by atoms with van der Waals surface area (Å²) in [6.45, 7) is 5.94. The van der Waals surface area contributed by atoms with Crippen molar-refractivity contribution in [2.24, 2.45) is 0 Å². The normalized spacial score (nSPS) is 13.0. The summed E-state index contributed by atoms with van der Waals surface area (Å²) in [5.74, 6) is 0. The first kappa shape index (κ1) is 22.5. The fourth-order valence-electron chi connectivity index (χ4n) is 2.37. The fourth-order valence-corrected chi connectivity index (χ4v) is 2.66. The number of halogens is 2. The van der Waals surface area contributed by atoms with E-state index in [-0.39, 0.29) is 6.10 Å². The Labute approximate surface area is 147 Å². The number of hydrogen-bond acceptors (Lipinski definition) is 3. The first-order valence-corrected chi connectivity index (χ1v) is 9.67. The van der Waals surface area contributed by atoms with Crippen LogP contribution in [0, 0.1) is 0 Å². The molecule has 1 unspecified atom stereocenters. The van der Waals surface area contributed by atoms with Crippen LogP contribution in [0.2, 0.25) is 0 Å². The van der Waals surface area contributed by atoms with E-state index >= 15 is 0 Å². The van der Waals surface area contributed by atoms with Gasteiger partial charge in [-0.1, -0.05) is 75.1 Å². The third-order valence-corrected chi connectivity index (χ3v) is 3.82. The molecule has 0 aliphatic heterocycles. The van der Waals surface area contributed by atoms with E-state index in [1.807, 2.05) is 6.92 Å². The van der Waals surface area contributed by atoms with Gasteiger partial charge in [0.1, 0.15) is 6.79 Å². The summed E-state index contributed by atoms with van der Waals surface area (Å²) < 4.78 is 16.1. The molecule has 0 bridgehead atoms. The maximum atomic E-state index is 5.74. The molecule has 0 saturated heterocycles. The Balaban J connectivity index is 3.61. The van der Waals surface area contributed by atoms with E-state index in [1.54, 1.807) is 0 Å². The van der Waals surface area contributed by atoms with Crippen molar-refractivity contribution < 1.29 is 14.2 Å². The van der Waals surface area contributed by atoms with Crippen LogP contribution in [0.25, 0.3) is 0 Å². The van der Waals surface area contributed by atoms with Gasteiger partial charge in [0, 0.05) is 13.2 Å². The zero-order valence-electron chi connectivity index (χ0n) is 14.3. The molecule has 0 aromatic carbocycles. The lowest BCUT2D eigenvalue weighted by atomic mass is 10.0.